The van der Waals surface area contributed by atoms with E-state index in [1.165, 1.54) is 43.7 Å². The van der Waals surface area contributed by atoms with Gasteiger partial charge in [-0.05, 0) is 59.0 Å². The Hall–Kier alpha value is -4.93. The van der Waals surface area contributed by atoms with Crippen LogP contribution in [0.2, 0.25) is 0 Å². The summed E-state index contributed by atoms with van der Waals surface area (Å²) in [6.45, 7) is 6.30. The smallest absolute Gasteiger partial charge is 0.343 e. The van der Waals surface area contributed by atoms with E-state index in [2.05, 4.69) is 31.3 Å². The number of methoxy groups -OCH3 is 1. The van der Waals surface area contributed by atoms with Crippen molar-refractivity contribution in [3.8, 4) is 23.0 Å². The maximum absolute atomic E-state index is 12.6. The SMILES string of the molecule is COc1cc(/C=N/NC(=O)[C@H]2COc3ccc(C(C)(C)C)cc3O2)ccc1OC(=O)c1ccc([N+](=O)[O-])cc1. The molecular formula is C28H27N3O8. The number of non-ortho nitro benzene ring substituents is 1. The second-order valence-electron chi connectivity index (χ2n) is 9.67. The summed E-state index contributed by atoms with van der Waals surface area (Å²) in [6, 6.07) is 15.4. The van der Waals surface area contributed by atoms with Crippen LogP contribution in [0.3, 0.4) is 0 Å². The Morgan fingerprint density at radius 2 is 1.79 bits per heavy atom. The van der Waals surface area contributed by atoms with Crippen molar-refractivity contribution in [2.75, 3.05) is 13.7 Å². The number of nitrogens with zero attached hydrogens (tertiary/aromatic N) is 2. The number of carbonyl (C=O) groups excluding carboxylic acids is 2. The molecule has 39 heavy (non-hydrogen) atoms. The van der Waals surface area contributed by atoms with Crippen molar-refractivity contribution in [2.24, 2.45) is 5.10 Å². The number of hydrogen-bond acceptors (Lipinski definition) is 9. The highest BCUT2D eigenvalue weighted by atomic mass is 16.6. The molecule has 202 valence electrons. The molecule has 3 aromatic rings. The van der Waals surface area contributed by atoms with E-state index in [1.807, 2.05) is 18.2 Å². The Balaban J connectivity index is 1.37. The quantitative estimate of drug-likeness (QED) is 0.155. The molecule has 0 saturated carbocycles. The van der Waals surface area contributed by atoms with Gasteiger partial charge in [0.05, 0.1) is 23.8 Å². The first-order chi connectivity index (χ1) is 18.5. The normalized spacial score (nSPS) is 14.5. The van der Waals surface area contributed by atoms with E-state index in [-0.39, 0.29) is 34.8 Å². The van der Waals surface area contributed by atoms with Crippen molar-refractivity contribution in [3.63, 3.8) is 0 Å². The summed E-state index contributed by atoms with van der Waals surface area (Å²) in [5, 5.41) is 14.8. The molecule has 3 aromatic carbocycles. The van der Waals surface area contributed by atoms with Gasteiger partial charge < -0.3 is 18.9 Å². The third-order valence-electron chi connectivity index (χ3n) is 5.85. The van der Waals surface area contributed by atoms with Gasteiger partial charge in [-0.2, -0.15) is 5.10 Å². The van der Waals surface area contributed by atoms with Crippen molar-refractivity contribution < 1.29 is 33.5 Å². The number of rotatable bonds is 7. The minimum atomic E-state index is -0.874. The number of hydrazone groups is 1. The minimum Gasteiger partial charge on any atom is -0.493 e. The highest BCUT2D eigenvalue weighted by Crippen LogP contribution is 2.36. The first kappa shape index (κ1) is 27.1. The molecule has 0 bridgehead atoms. The highest BCUT2D eigenvalue weighted by Gasteiger charge is 2.28. The number of benzene rings is 3. The Labute approximate surface area is 224 Å². The van der Waals surface area contributed by atoms with Crippen LogP contribution < -0.4 is 24.4 Å². The lowest BCUT2D eigenvalue weighted by Gasteiger charge is -2.27. The lowest BCUT2D eigenvalue weighted by atomic mass is 9.87. The lowest BCUT2D eigenvalue weighted by molar-refractivity contribution is -0.384. The summed E-state index contributed by atoms with van der Waals surface area (Å²) in [5.41, 5.74) is 3.98. The van der Waals surface area contributed by atoms with Crippen LogP contribution in [0.15, 0.2) is 65.8 Å². The number of fused-ring (bicyclic) bond motifs is 1. The number of nitrogens with one attached hydrogen (secondary N) is 1. The highest BCUT2D eigenvalue weighted by molar-refractivity contribution is 5.92. The van der Waals surface area contributed by atoms with Crippen LogP contribution in [0.4, 0.5) is 5.69 Å². The molecule has 11 heteroatoms. The molecule has 11 nitrogen and oxygen atoms in total. The van der Waals surface area contributed by atoms with Gasteiger partial charge in [-0.15, -0.1) is 0 Å². The fraction of sp³-hybridized carbons (Fsp3) is 0.250. The first-order valence-corrected chi connectivity index (χ1v) is 12.0. The van der Waals surface area contributed by atoms with Crippen LogP contribution in [-0.2, 0) is 10.2 Å². The maximum atomic E-state index is 12.6. The molecule has 1 heterocycles. The second-order valence-corrected chi connectivity index (χ2v) is 9.67. The number of carbonyl (C=O) groups is 2. The molecule has 0 aromatic heterocycles. The topological polar surface area (TPSA) is 139 Å². The van der Waals surface area contributed by atoms with Crippen molar-refractivity contribution in [3.05, 3.63) is 87.5 Å². The van der Waals surface area contributed by atoms with Gasteiger partial charge in [0.15, 0.2) is 23.0 Å². The zero-order valence-corrected chi connectivity index (χ0v) is 21.8. The fourth-order valence-electron chi connectivity index (χ4n) is 3.64. The standard InChI is InChI=1S/C28H27N3O8/c1-28(2,3)19-8-12-21-24(14-19)38-25(16-37-21)26(32)30-29-15-17-5-11-22(23(13-17)36-4)39-27(33)18-6-9-20(10-7-18)31(34)35/h5-15,25H,16H2,1-4H3,(H,30,32)/b29-15+/t25-/m1/s1. The van der Waals surface area contributed by atoms with Crippen LogP contribution >= 0.6 is 0 Å². The summed E-state index contributed by atoms with van der Waals surface area (Å²) in [6.07, 6.45) is 0.526. The predicted octanol–water partition coefficient (Wildman–Crippen LogP) is 4.41. The molecule has 1 aliphatic rings. The summed E-state index contributed by atoms with van der Waals surface area (Å²) in [7, 11) is 1.41. The van der Waals surface area contributed by atoms with Crippen molar-refractivity contribution in [1.82, 2.24) is 5.43 Å². The molecule has 0 radical (unpaired) electrons. The number of esters is 1. The van der Waals surface area contributed by atoms with Gasteiger partial charge in [0.1, 0.15) is 6.61 Å². The maximum Gasteiger partial charge on any atom is 0.343 e. The molecule has 1 amide bonds. The molecule has 1 atom stereocenters. The Morgan fingerprint density at radius 3 is 2.46 bits per heavy atom. The van der Waals surface area contributed by atoms with Crippen LogP contribution in [0.1, 0.15) is 42.3 Å². The molecule has 0 saturated heterocycles. The lowest BCUT2D eigenvalue weighted by Crippen LogP contribution is -2.42. The molecule has 4 rings (SSSR count). The van der Waals surface area contributed by atoms with E-state index in [4.69, 9.17) is 18.9 Å². The summed E-state index contributed by atoms with van der Waals surface area (Å²) in [5.74, 6) is 0.291. The Kier molecular flexibility index (Phi) is 7.80. The molecule has 0 spiro atoms. The number of amides is 1. The van der Waals surface area contributed by atoms with E-state index < -0.39 is 22.9 Å². The van der Waals surface area contributed by atoms with Crippen molar-refractivity contribution in [1.29, 1.82) is 0 Å². The van der Waals surface area contributed by atoms with Gasteiger partial charge in [0.2, 0.25) is 6.10 Å². The molecule has 0 aliphatic carbocycles. The Bertz CT molecular complexity index is 1430. The van der Waals surface area contributed by atoms with Gasteiger partial charge in [-0.3, -0.25) is 14.9 Å². The fourth-order valence-corrected chi connectivity index (χ4v) is 3.64. The van der Waals surface area contributed by atoms with Gasteiger partial charge in [-0.25, -0.2) is 10.2 Å². The van der Waals surface area contributed by atoms with E-state index >= 15 is 0 Å². The first-order valence-electron chi connectivity index (χ1n) is 12.0. The largest absolute Gasteiger partial charge is 0.493 e. The van der Waals surface area contributed by atoms with E-state index in [0.29, 0.717) is 17.1 Å². The van der Waals surface area contributed by atoms with Gasteiger partial charge in [0.25, 0.3) is 11.6 Å². The van der Waals surface area contributed by atoms with Crippen molar-refractivity contribution in [2.45, 2.75) is 32.3 Å². The average Bonchev–Trinajstić information content (AvgIpc) is 2.92. The number of ether oxygens (including phenoxy) is 4. The van der Waals surface area contributed by atoms with Gasteiger partial charge in [0, 0.05) is 12.1 Å². The van der Waals surface area contributed by atoms with E-state index in [0.717, 1.165) is 5.56 Å². The van der Waals surface area contributed by atoms with Crippen molar-refractivity contribution >= 4 is 23.8 Å². The zero-order valence-electron chi connectivity index (χ0n) is 21.8. The van der Waals surface area contributed by atoms with Crippen LogP contribution in [-0.4, -0.2) is 42.8 Å². The predicted molar refractivity (Wildman–Crippen MR) is 142 cm³/mol. The van der Waals surface area contributed by atoms with Gasteiger partial charge >= 0.3 is 5.97 Å². The van der Waals surface area contributed by atoms with E-state index in [9.17, 15) is 19.7 Å². The number of hydrogen-bond donors (Lipinski definition) is 1. The van der Waals surface area contributed by atoms with Crippen LogP contribution in [0.25, 0.3) is 0 Å². The van der Waals surface area contributed by atoms with E-state index in [1.54, 1.807) is 12.1 Å². The van der Waals surface area contributed by atoms with Crippen LogP contribution in [0, 0.1) is 10.1 Å². The molecule has 0 unspecified atom stereocenters. The summed E-state index contributed by atoms with van der Waals surface area (Å²) in [4.78, 5) is 35.3. The summed E-state index contributed by atoms with van der Waals surface area (Å²) < 4.78 is 22.2. The number of nitro benzene ring substituents is 1. The third kappa shape index (κ3) is 6.50. The number of nitro groups is 1. The third-order valence-corrected chi connectivity index (χ3v) is 5.85. The molecular weight excluding hydrogens is 506 g/mol. The zero-order chi connectivity index (χ0) is 28.2. The monoisotopic (exact) mass is 533 g/mol. The minimum absolute atomic E-state index is 0.0475. The Morgan fingerprint density at radius 1 is 1.05 bits per heavy atom. The van der Waals surface area contributed by atoms with Gasteiger partial charge in [-0.1, -0.05) is 26.8 Å². The molecule has 1 aliphatic heterocycles. The molecule has 0 fully saturated rings. The van der Waals surface area contributed by atoms with Crippen LogP contribution in [0.5, 0.6) is 23.0 Å². The molecule has 1 N–H and O–H groups in total. The second kappa shape index (κ2) is 11.2. The average molecular weight is 534 g/mol. The summed E-state index contributed by atoms with van der Waals surface area (Å²) >= 11 is 0.